The Morgan fingerprint density at radius 2 is 1.88 bits per heavy atom. The van der Waals surface area contributed by atoms with Crippen molar-refractivity contribution >= 4 is 0 Å². The number of rotatable bonds is 11. The van der Waals surface area contributed by atoms with Crippen LogP contribution < -0.4 is 5.32 Å². The highest BCUT2D eigenvalue weighted by Crippen LogP contribution is 2.08. The average molecular weight is 241 g/mol. The molecule has 1 unspecified atom stereocenters. The van der Waals surface area contributed by atoms with Crippen molar-refractivity contribution in [2.45, 2.75) is 71.9 Å². The maximum absolute atomic E-state index is 5.78. The molecule has 102 valence electrons. The summed E-state index contributed by atoms with van der Waals surface area (Å²) in [6, 6.07) is 0.512. The maximum Gasteiger partial charge on any atom is 0.0690 e. The highest BCUT2D eigenvalue weighted by Gasteiger charge is 2.03. The Labute approximate surface area is 108 Å². The molecule has 0 heterocycles. The fraction of sp³-hybridized carbons (Fsp3) is 0.867. The third kappa shape index (κ3) is 11.9. The molecule has 1 atom stereocenters. The molecule has 2 nitrogen and oxygen atoms in total. The third-order valence-corrected chi connectivity index (χ3v) is 2.80. The quantitative estimate of drug-likeness (QED) is 0.437. The Hall–Kier alpha value is -0.340. The van der Waals surface area contributed by atoms with E-state index in [1.54, 1.807) is 0 Å². The minimum absolute atomic E-state index is 0.364. The minimum atomic E-state index is 0.364. The van der Waals surface area contributed by atoms with Crippen molar-refractivity contribution in [2.75, 3.05) is 13.2 Å². The Bertz CT molecular complexity index is 189. The maximum atomic E-state index is 5.78. The van der Waals surface area contributed by atoms with Crippen molar-refractivity contribution in [1.82, 2.24) is 5.32 Å². The smallest absolute Gasteiger partial charge is 0.0690 e. The lowest BCUT2D eigenvalue weighted by Gasteiger charge is -2.15. The zero-order valence-electron chi connectivity index (χ0n) is 12.2. The summed E-state index contributed by atoms with van der Waals surface area (Å²) in [4.78, 5) is 0. The molecule has 1 N–H and O–H groups in total. The van der Waals surface area contributed by atoms with Gasteiger partial charge in [-0.1, -0.05) is 53.0 Å². The van der Waals surface area contributed by atoms with E-state index in [1.807, 2.05) is 0 Å². The molecule has 0 rings (SSSR count). The van der Waals surface area contributed by atoms with Crippen LogP contribution in [0.15, 0.2) is 12.2 Å². The van der Waals surface area contributed by atoms with Crippen LogP contribution in [-0.2, 0) is 4.74 Å². The van der Waals surface area contributed by atoms with Gasteiger partial charge in [-0.25, -0.2) is 0 Å². The number of hydrogen-bond donors (Lipinski definition) is 1. The second-order valence-electron chi connectivity index (χ2n) is 5.26. The second kappa shape index (κ2) is 10.8. The molecule has 0 aromatic heterocycles. The van der Waals surface area contributed by atoms with Crippen molar-refractivity contribution in [3.63, 3.8) is 0 Å². The number of hydrogen-bond acceptors (Lipinski definition) is 2. The van der Waals surface area contributed by atoms with E-state index in [1.165, 1.54) is 32.1 Å². The van der Waals surface area contributed by atoms with Gasteiger partial charge in [-0.2, -0.15) is 0 Å². The molecule has 17 heavy (non-hydrogen) atoms. The lowest BCUT2D eigenvalue weighted by molar-refractivity contribution is 0.0743. The summed E-state index contributed by atoms with van der Waals surface area (Å²) in [5, 5.41) is 3.35. The molecule has 0 fully saturated rings. The second-order valence-corrected chi connectivity index (χ2v) is 5.26. The molecule has 0 bridgehead atoms. The van der Waals surface area contributed by atoms with Crippen LogP contribution in [0.1, 0.15) is 59.8 Å². The van der Waals surface area contributed by atoms with Gasteiger partial charge in [-0.05, 0) is 18.9 Å². The van der Waals surface area contributed by atoms with E-state index in [0.29, 0.717) is 18.8 Å². The third-order valence-electron chi connectivity index (χ3n) is 2.80. The van der Waals surface area contributed by atoms with Crippen molar-refractivity contribution < 1.29 is 4.74 Å². The van der Waals surface area contributed by atoms with Crippen molar-refractivity contribution in [2.24, 2.45) is 0 Å². The summed E-state index contributed by atoms with van der Waals surface area (Å²) in [7, 11) is 0. The Morgan fingerprint density at radius 3 is 2.47 bits per heavy atom. The van der Waals surface area contributed by atoms with Gasteiger partial charge < -0.3 is 10.1 Å². The first kappa shape index (κ1) is 16.7. The first-order valence-electron chi connectivity index (χ1n) is 7.07. The van der Waals surface area contributed by atoms with Crippen LogP contribution in [0.4, 0.5) is 0 Å². The molecule has 0 aliphatic rings. The van der Waals surface area contributed by atoms with Crippen LogP contribution in [0.25, 0.3) is 0 Å². The summed E-state index contributed by atoms with van der Waals surface area (Å²) < 4.78 is 5.78. The SMILES string of the molecule is C=C(CNC(C)C)COC(C)CCCCCC. The molecule has 2 heteroatoms. The van der Waals surface area contributed by atoms with Crippen LogP contribution in [0.5, 0.6) is 0 Å². The molecule has 0 radical (unpaired) electrons. The largest absolute Gasteiger partial charge is 0.374 e. The summed E-state index contributed by atoms with van der Waals surface area (Å²) in [5.41, 5.74) is 1.14. The Kier molecular flexibility index (Phi) is 10.6. The van der Waals surface area contributed by atoms with Gasteiger partial charge in [0.2, 0.25) is 0 Å². The van der Waals surface area contributed by atoms with Crippen molar-refractivity contribution in [3.8, 4) is 0 Å². The molecule has 0 spiro atoms. The van der Waals surface area contributed by atoms with Crippen LogP contribution in [0.3, 0.4) is 0 Å². The minimum Gasteiger partial charge on any atom is -0.374 e. The van der Waals surface area contributed by atoms with Gasteiger partial charge in [-0.3, -0.25) is 0 Å². The first-order chi connectivity index (χ1) is 8.06. The highest BCUT2D eigenvalue weighted by atomic mass is 16.5. The van der Waals surface area contributed by atoms with E-state index in [9.17, 15) is 0 Å². The number of unbranched alkanes of at least 4 members (excludes halogenated alkanes) is 3. The standard InChI is InChI=1S/C15H31NO/c1-6-7-8-9-10-15(5)17-12-14(4)11-16-13(2)3/h13,15-16H,4,6-12H2,1-3,5H3. The van der Waals surface area contributed by atoms with Gasteiger partial charge in [0, 0.05) is 12.6 Å². The van der Waals surface area contributed by atoms with Gasteiger partial charge in [0.1, 0.15) is 0 Å². The van der Waals surface area contributed by atoms with Gasteiger partial charge in [0.15, 0.2) is 0 Å². The molecule has 0 saturated heterocycles. The lowest BCUT2D eigenvalue weighted by atomic mass is 10.1. The molecule has 0 amide bonds. The summed E-state index contributed by atoms with van der Waals surface area (Å²) in [6.45, 7) is 14.3. The molecule has 0 aliphatic heterocycles. The van der Waals surface area contributed by atoms with Gasteiger partial charge >= 0.3 is 0 Å². The Balaban J connectivity index is 3.42. The molecular formula is C15H31NO. The summed E-state index contributed by atoms with van der Waals surface area (Å²) in [6.07, 6.45) is 6.80. The van der Waals surface area contributed by atoms with E-state index in [2.05, 4.69) is 39.6 Å². The molecular weight excluding hydrogens is 210 g/mol. The van der Waals surface area contributed by atoms with E-state index >= 15 is 0 Å². The van der Waals surface area contributed by atoms with E-state index < -0.39 is 0 Å². The summed E-state index contributed by atoms with van der Waals surface area (Å²) >= 11 is 0. The highest BCUT2D eigenvalue weighted by molar-refractivity contribution is 4.97. The summed E-state index contributed by atoms with van der Waals surface area (Å²) in [5.74, 6) is 0. The Morgan fingerprint density at radius 1 is 1.18 bits per heavy atom. The van der Waals surface area contributed by atoms with E-state index in [4.69, 9.17) is 4.74 Å². The van der Waals surface area contributed by atoms with Crippen LogP contribution in [0.2, 0.25) is 0 Å². The lowest BCUT2D eigenvalue weighted by Crippen LogP contribution is -2.26. The predicted molar refractivity (Wildman–Crippen MR) is 76.5 cm³/mol. The fourth-order valence-electron chi connectivity index (χ4n) is 1.60. The monoisotopic (exact) mass is 241 g/mol. The predicted octanol–water partition coefficient (Wildman–Crippen LogP) is 3.92. The van der Waals surface area contributed by atoms with Crippen LogP contribution in [0, 0.1) is 0 Å². The molecule has 0 aliphatic carbocycles. The van der Waals surface area contributed by atoms with Crippen molar-refractivity contribution in [1.29, 1.82) is 0 Å². The normalized spacial score (nSPS) is 13.0. The zero-order valence-corrected chi connectivity index (χ0v) is 12.2. The zero-order chi connectivity index (χ0) is 13.1. The van der Waals surface area contributed by atoms with E-state index in [0.717, 1.165) is 12.1 Å². The van der Waals surface area contributed by atoms with Gasteiger partial charge in [0.05, 0.1) is 12.7 Å². The fourth-order valence-corrected chi connectivity index (χ4v) is 1.60. The number of ether oxygens (including phenoxy) is 1. The molecule has 0 aromatic rings. The number of nitrogens with one attached hydrogen (secondary N) is 1. The van der Waals surface area contributed by atoms with Crippen LogP contribution >= 0.6 is 0 Å². The van der Waals surface area contributed by atoms with Gasteiger partial charge in [0.25, 0.3) is 0 Å². The average Bonchev–Trinajstić information content (AvgIpc) is 2.29. The van der Waals surface area contributed by atoms with Crippen molar-refractivity contribution in [3.05, 3.63) is 12.2 Å². The van der Waals surface area contributed by atoms with E-state index in [-0.39, 0.29) is 0 Å². The van der Waals surface area contributed by atoms with Crippen LogP contribution in [-0.4, -0.2) is 25.3 Å². The molecule has 0 aromatic carbocycles. The molecule has 0 saturated carbocycles. The first-order valence-corrected chi connectivity index (χ1v) is 7.07. The topological polar surface area (TPSA) is 21.3 Å². The van der Waals surface area contributed by atoms with Gasteiger partial charge in [-0.15, -0.1) is 0 Å².